The second-order valence-electron chi connectivity index (χ2n) is 4.60. The van der Waals surface area contributed by atoms with Crippen LogP contribution in [0.4, 0.5) is 0 Å². The van der Waals surface area contributed by atoms with Crippen molar-refractivity contribution in [3.8, 4) is 10.6 Å². The van der Waals surface area contributed by atoms with Crippen LogP contribution < -0.4 is 0 Å². The average Bonchev–Trinajstić information content (AvgIpc) is 3.11. The molecule has 7 heteroatoms. The van der Waals surface area contributed by atoms with Gasteiger partial charge in [0.25, 0.3) is 0 Å². The highest BCUT2D eigenvalue weighted by Gasteiger charge is 2.28. The van der Waals surface area contributed by atoms with Crippen molar-refractivity contribution in [3.63, 3.8) is 0 Å². The molecule has 2 aromatic rings. The van der Waals surface area contributed by atoms with E-state index in [9.17, 15) is 9.59 Å². The van der Waals surface area contributed by atoms with Crippen LogP contribution in [-0.2, 0) is 17.9 Å². The smallest absolute Gasteiger partial charge is 0.345 e. The standard InChI is InChI=1S/C13H13N3O3S/c1-2-11(17)16-5-7-8(6-16)14-15-12(7)9-3-4-10(20-9)13(18)19/h3-4H,2,5-6H2,1H3,(H,14,15)(H,18,19). The molecule has 0 aromatic carbocycles. The number of aromatic amines is 1. The van der Waals surface area contributed by atoms with E-state index in [0.717, 1.165) is 21.8 Å². The molecule has 0 spiro atoms. The number of aromatic carboxylic acids is 1. The van der Waals surface area contributed by atoms with Gasteiger partial charge in [0.05, 0.1) is 23.7 Å². The molecule has 3 heterocycles. The van der Waals surface area contributed by atoms with Crippen LogP contribution in [0.25, 0.3) is 10.6 Å². The molecule has 3 rings (SSSR count). The number of rotatable bonds is 3. The molecule has 2 aromatic heterocycles. The minimum absolute atomic E-state index is 0.109. The predicted molar refractivity (Wildman–Crippen MR) is 73.4 cm³/mol. The lowest BCUT2D eigenvalue weighted by Crippen LogP contribution is -2.24. The number of hydrogen-bond acceptors (Lipinski definition) is 4. The number of carbonyl (C=O) groups excluding carboxylic acids is 1. The first-order valence-corrected chi connectivity index (χ1v) is 7.09. The fraction of sp³-hybridized carbons (Fsp3) is 0.308. The van der Waals surface area contributed by atoms with E-state index in [0.29, 0.717) is 19.5 Å². The van der Waals surface area contributed by atoms with Crippen LogP contribution >= 0.6 is 11.3 Å². The second kappa shape index (κ2) is 4.75. The highest BCUT2D eigenvalue weighted by molar-refractivity contribution is 7.17. The molecule has 0 fully saturated rings. The molecule has 0 saturated heterocycles. The van der Waals surface area contributed by atoms with E-state index in [-0.39, 0.29) is 10.8 Å². The third-order valence-electron chi connectivity index (χ3n) is 3.36. The van der Waals surface area contributed by atoms with Gasteiger partial charge < -0.3 is 10.0 Å². The SMILES string of the molecule is CCC(=O)N1Cc2[nH]nc(-c3ccc(C(=O)O)s3)c2C1. The van der Waals surface area contributed by atoms with Crippen LogP contribution in [-0.4, -0.2) is 32.1 Å². The van der Waals surface area contributed by atoms with Gasteiger partial charge in [-0.15, -0.1) is 11.3 Å². The molecule has 1 amide bonds. The minimum Gasteiger partial charge on any atom is -0.477 e. The summed E-state index contributed by atoms with van der Waals surface area (Å²) in [5, 5.41) is 16.2. The van der Waals surface area contributed by atoms with E-state index >= 15 is 0 Å². The first-order chi connectivity index (χ1) is 9.60. The lowest BCUT2D eigenvalue weighted by Gasteiger charge is -2.14. The largest absolute Gasteiger partial charge is 0.477 e. The number of fused-ring (bicyclic) bond motifs is 1. The van der Waals surface area contributed by atoms with Crippen LogP contribution in [0, 0.1) is 0 Å². The average molecular weight is 291 g/mol. The molecule has 0 unspecified atom stereocenters. The van der Waals surface area contributed by atoms with Gasteiger partial charge in [0, 0.05) is 12.0 Å². The van der Waals surface area contributed by atoms with Gasteiger partial charge in [-0.05, 0) is 12.1 Å². The van der Waals surface area contributed by atoms with Crippen molar-refractivity contribution in [2.75, 3.05) is 0 Å². The van der Waals surface area contributed by atoms with Crippen LogP contribution in [0.15, 0.2) is 12.1 Å². The summed E-state index contributed by atoms with van der Waals surface area (Å²) in [6, 6.07) is 3.34. The molecule has 1 aliphatic rings. The molecule has 0 atom stereocenters. The second-order valence-corrected chi connectivity index (χ2v) is 5.69. The Balaban J connectivity index is 1.91. The van der Waals surface area contributed by atoms with Gasteiger partial charge in [-0.2, -0.15) is 5.10 Å². The zero-order chi connectivity index (χ0) is 14.3. The topological polar surface area (TPSA) is 86.3 Å². The molecular weight excluding hydrogens is 278 g/mol. The summed E-state index contributed by atoms with van der Waals surface area (Å²) in [5.74, 6) is -0.825. The van der Waals surface area contributed by atoms with Gasteiger partial charge in [0.2, 0.25) is 5.91 Å². The van der Waals surface area contributed by atoms with Crippen molar-refractivity contribution in [1.82, 2.24) is 15.1 Å². The van der Waals surface area contributed by atoms with E-state index in [2.05, 4.69) is 10.2 Å². The maximum Gasteiger partial charge on any atom is 0.345 e. The molecule has 6 nitrogen and oxygen atoms in total. The predicted octanol–water partition coefficient (Wildman–Crippen LogP) is 2.09. The van der Waals surface area contributed by atoms with E-state index < -0.39 is 5.97 Å². The molecule has 1 aliphatic heterocycles. The third-order valence-corrected chi connectivity index (χ3v) is 4.44. The summed E-state index contributed by atoms with van der Waals surface area (Å²) < 4.78 is 0. The van der Waals surface area contributed by atoms with Crippen LogP contribution in [0.1, 0.15) is 34.3 Å². The van der Waals surface area contributed by atoms with Crippen molar-refractivity contribution in [1.29, 1.82) is 0 Å². The molecule has 104 valence electrons. The monoisotopic (exact) mass is 291 g/mol. The van der Waals surface area contributed by atoms with Crippen LogP contribution in [0.2, 0.25) is 0 Å². The summed E-state index contributed by atoms with van der Waals surface area (Å²) in [4.78, 5) is 25.5. The van der Waals surface area contributed by atoms with Crippen LogP contribution in [0.5, 0.6) is 0 Å². The Morgan fingerprint density at radius 2 is 2.25 bits per heavy atom. The molecule has 0 radical (unpaired) electrons. The van der Waals surface area contributed by atoms with Crippen molar-refractivity contribution in [2.24, 2.45) is 0 Å². The fourth-order valence-corrected chi connectivity index (χ4v) is 3.19. The normalized spacial score (nSPS) is 13.6. The van der Waals surface area contributed by atoms with Gasteiger partial charge in [-0.25, -0.2) is 4.79 Å². The van der Waals surface area contributed by atoms with Gasteiger partial charge in [-0.1, -0.05) is 6.92 Å². The summed E-state index contributed by atoms with van der Waals surface area (Å²) in [6.07, 6.45) is 0.481. The number of carboxylic acids is 1. The molecular formula is C13H13N3O3S. The van der Waals surface area contributed by atoms with Crippen molar-refractivity contribution < 1.29 is 14.7 Å². The number of amides is 1. The van der Waals surface area contributed by atoms with Crippen molar-refractivity contribution >= 4 is 23.2 Å². The van der Waals surface area contributed by atoms with Crippen LogP contribution in [0.3, 0.4) is 0 Å². The summed E-state index contributed by atoms with van der Waals surface area (Å²) in [5.41, 5.74) is 2.68. The zero-order valence-corrected chi connectivity index (χ0v) is 11.7. The maximum atomic E-state index is 11.7. The summed E-state index contributed by atoms with van der Waals surface area (Å²) in [6.45, 7) is 2.92. The Morgan fingerprint density at radius 1 is 1.45 bits per heavy atom. The number of nitrogens with one attached hydrogen (secondary N) is 1. The molecule has 0 bridgehead atoms. The quantitative estimate of drug-likeness (QED) is 0.906. The molecule has 2 N–H and O–H groups in total. The first kappa shape index (κ1) is 12.9. The summed E-state index contributed by atoms with van der Waals surface area (Å²) in [7, 11) is 0. The van der Waals surface area contributed by atoms with Gasteiger partial charge in [0.1, 0.15) is 10.6 Å². The lowest BCUT2D eigenvalue weighted by atomic mass is 10.2. The minimum atomic E-state index is -0.934. The van der Waals surface area contributed by atoms with Gasteiger partial charge in [-0.3, -0.25) is 9.89 Å². The van der Waals surface area contributed by atoms with E-state index in [1.54, 1.807) is 17.0 Å². The van der Waals surface area contributed by atoms with Gasteiger partial charge >= 0.3 is 5.97 Å². The van der Waals surface area contributed by atoms with Crippen molar-refractivity contribution in [3.05, 3.63) is 28.3 Å². The highest BCUT2D eigenvalue weighted by Crippen LogP contribution is 2.34. The van der Waals surface area contributed by atoms with E-state index in [1.807, 2.05) is 6.92 Å². The number of H-pyrrole nitrogens is 1. The number of carbonyl (C=O) groups is 2. The highest BCUT2D eigenvalue weighted by atomic mass is 32.1. The van der Waals surface area contributed by atoms with Gasteiger partial charge in [0.15, 0.2) is 0 Å². The molecule has 0 aliphatic carbocycles. The lowest BCUT2D eigenvalue weighted by molar-refractivity contribution is -0.131. The van der Waals surface area contributed by atoms with E-state index in [4.69, 9.17) is 5.11 Å². The molecule has 20 heavy (non-hydrogen) atoms. The Morgan fingerprint density at radius 3 is 2.90 bits per heavy atom. The fourth-order valence-electron chi connectivity index (χ4n) is 2.32. The number of aromatic nitrogens is 2. The number of nitrogens with zero attached hydrogens (tertiary/aromatic N) is 2. The first-order valence-electron chi connectivity index (χ1n) is 6.27. The molecule has 0 saturated carbocycles. The van der Waals surface area contributed by atoms with Crippen molar-refractivity contribution in [2.45, 2.75) is 26.4 Å². The Kier molecular flexibility index (Phi) is 3.06. The number of hydrogen-bond donors (Lipinski definition) is 2. The zero-order valence-electron chi connectivity index (χ0n) is 10.8. The van der Waals surface area contributed by atoms with E-state index in [1.165, 1.54) is 11.3 Å². The Bertz CT molecular complexity index is 689. The number of carboxylic acid groups (broad SMARTS) is 1. The maximum absolute atomic E-state index is 11.7. The summed E-state index contributed by atoms with van der Waals surface area (Å²) >= 11 is 1.19. The Hall–Kier alpha value is -2.15. The number of thiophene rings is 1. The Labute approximate surface area is 119 Å². The third kappa shape index (κ3) is 2.00.